The number of hydrazone groups is 1. The predicted octanol–water partition coefficient (Wildman–Crippen LogP) is 4.10. The van der Waals surface area contributed by atoms with Crippen molar-refractivity contribution in [2.75, 3.05) is 20.7 Å². The fraction of sp³-hybridized carbons (Fsp3) is 0.250. The standard InChI is InChI=1S/C24H25N3O3/c1-26(16-18-7-4-3-5-8-18)17-24(28)27-22(23-9-6-14-30-23)15-21(25-27)19-10-12-20(29-2)13-11-19/h3-14,22H,15-17H2,1-2H3/t22-/m1/s1. The molecule has 1 atom stereocenters. The zero-order valence-electron chi connectivity index (χ0n) is 17.2. The SMILES string of the molecule is COc1ccc(C2=NN(C(=O)CN(C)Cc3ccccc3)[C@@H](c3ccco3)C2)cc1. The molecule has 2 aromatic carbocycles. The molecule has 30 heavy (non-hydrogen) atoms. The topological polar surface area (TPSA) is 58.3 Å². The smallest absolute Gasteiger partial charge is 0.257 e. The molecule has 0 spiro atoms. The van der Waals surface area contributed by atoms with Crippen molar-refractivity contribution in [3.63, 3.8) is 0 Å². The minimum atomic E-state index is -0.241. The van der Waals surface area contributed by atoms with Crippen LogP contribution in [0.4, 0.5) is 0 Å². The molecule has 1 aliphatic rings. The molecule has 0 N–H and O–H groups in total. The van der Waals surface area contributed by atoms with E-state index in [9.17, 15) is 4.79 Å². The highest BCUT2D eigenvalue weighted by Crippen LogP contribution is 2.33. The molecule has 154 valence electrons. The lowest BCUT2D eigenvalue weighted by molar-refractivity contribution is -0.134. The first-order chi connectivity index (χ1) is 14.6. The summed E-state index contributed by atoms with van der Waals surface area (Å²) in [4.78, 5) is 15.1. The molecule has 1 amide bonds. The predicted molar refractivity (Wildman–Crippen MR) is 115 cm³/mol. The summed E-state index contributed by atoms with van der Waals surface area (Å²) in [6.45, 7) is 0.965. The van der Waals surface area contributed by atoms with Gasteiger partial charge in [-0.25, -0.2) is 5.01 Å². The number of likely N-dealkylation sites (N-methyl/N-ethyl adjacent to an activating group) is 1. The Balaban J connectivity index is 1.52. The molecule has 6 nitrogen and oxygen atoms in total. The van der Waals surface area contributed by atoms with Gasteiger partial charge < -0.3 is 9.15 Å². The number of furan rings is 1. The number of nitrogens with zero attached hydrogens (tertiary/aromatic N) is 3. The lowest BCUT2D eigenvalue weighted by Gasteiger charge is -2.23. The minimum absolute atomic E-state index is 0.0571. The van der Waals surface area contributed by atoms with Crippen LogP contribution in [0.25, 0.3) is 0 Å². The molecule has 1 aliphatic heterocycles. The van der Waals surface area contributed by atoms with Gasteiger partial charge in [-0.15, -0.1) is 0 Å². The number of benzene rings is 2. The van der Waals surface area contributed by atoms with E-state index in [2.05, 4.69) is 17.2 Å². The highest BCUT2D eigenvalue weighted by atomic mass is 16.5. The second-order valence-electron chi connectivity index (χ2n) is 7.41. The molecular weight excluding hydrogens is 378 g/mol. The molecule has 0 aliphatic carbocycles. The Morgan fingerprint density at radius 3 is 2.57 bits per heavy atom. The van der Waals surface area contributed by atoms with Crippen molar-refractivity contribution in [2.45, 2.75) is 19.0 Å². The molecular formula is C24H25N3O3. The van der Waals surface area contributed by atoms with Crippen LogP contribution in [0.2, 0.25) is 0 Å². The van der Waals surface area contributed by atoms with Crippen LogP contribution in [0.1, 0.15) is 29.3 Å². The van der Waals surface area contributed by atoms with Crippen molar-refractivity contribution < 1.29 is 13.9 Å². The first kappa shape index (κ1) is 19.9. The summed E-state index contributed by atoms with van der Waals surface area (Å²) in [5.74, 6) is 1.47. The van der Waals surface area contributed by atoms with Gasteiger partial charge in [-0.3, -0.25) is 9.69 Å². The lowest BCUT2D eigenvalue weighted by atomic mass is 10.0. The average molecular weight is 403 g/mol. The van der Waals surface area contributed by atoms with Gasteiger partial charge in [0.25, 0.3) is 5.91 Å². The molecule has 1 aromatic heterocycles. The van der Waals surface area contributed by atoms with Crippen molar-refractivity contribution in [3.05, 3.63) is 89.9 Å². The van der Waals surface area contributed by atoms with Crippen LogP contribution in [-0.2, 0) is 11.3 Å². The maximum Gasteiger partial charge on any atom is 0.257 e. The van der Waals surface area contributed by atoms with E-state index in [1.165, 1.54) is 5.56 Å². The van der Waals surface area contributed by atoms with Crippen LogP contribution in [-0.4, -0.2) is 42.2 Å². The molecule has 0 saturated heterocycles. The third-order valence-electron chi connectivity index (χ3n) is 5.16. The zero-order chi connectivity index (χ0) is 20.9. The average Bonchev–Trinajstić information content (AvgIpc) is 3.44. The maximum absolute atomic E-state index is 13.1. The number of carbonyl (C=O) groups excluding carboxylic acids is 1. The van der Waals surface area contributed by atoms with Gasteiger partial charge in [0.2, 0.25) is 0 Å². The van der Waals surface area contributed by atoms with Crippen molar-refractivity contribution in [2.24, 2.45) is 5.10 Å². The Labute approximate surface area is 176 Å². The first-order valence-corrected chi connectivity index (χ1v) is 9.94. The van der Waals surface area contributed by atoms with E-state index in [4.69, 9.17) is 9.15 Å². The molecule has 4 rings (SSSR count). The molecule has 0 radical (unpaired) electrons. The number of hydrogen-bond donors (Lipinski definition) is 0. The van der Waals surface area contributed by atoms with Gasteiger partial charge in [0.1, 0.15) is 17.6 Å². The van der Waals surface area contributed by atoms with Gasteiger partial charge in [-0.1, -0.05) is 30.3 Å². The van der Waals surface area contributed by atoms with Gasteiger partial charge in [-0.05, 0) is 54.6 Å². The Morgan fingerprint density at radius 2 is 1.90 bits per heavy atom. The van der Waals surface area contributed by atoms with Crippen LogP contribution >= 0.6 is 0 Å². The molecule has 0 saturated carbocycles. The maximum atomic E-state index is 13.1. The summed E-state index contributed by atoms with van der Waals surface area (Å²) in [5.41, 5.74) is 3.00. The largest absolute Gasteiger partial charge is 0.497 e. The second-order valence-corrected chi connectivity index (χ2v) is 7.41. The van der Waals surface area contributed by atoms with E-state index in [-0.39, 0.29) is 18.5 Å². The van der Waals surface area contributed by atoms with Gasteiger partial charge in [0.05, 0.1) is 25.6 Å². The molecule has 0 fully saturated rings. The second kappa shape index (κ2) is 8.97. The van der Waals surface area contributed by atoms with E-state index in [0.29, 0.717) is 13.0 Å². The van der Waals surface area contributed by atoms with Crippen LogP contribution in [0.3, 0.4) is 0 Å². The van der Waals surface area contributed by atoms with Crippen LogP contribution in [0.15, 0.2) is 82.5 Å². The van der Waals surface area contributed by atoms with Crippen molar-refractivity contribution in [3.8, 4) is 5.75 Å². The summed E-state index contributed by atoms with van der Waals surface area (Å²) >= 11 is 0. The summed E-state index contributed by atoms with van der Waals surface area (Å²) < 4.78 is 10.9. The van der Waals surface area contributed by atoms with Crippen LogP contribution < -0.4 is 4.74 Å². The molecule has 2 heterocycles. The number of ether oxygens (including phenoxy) is 1. The third kappa shape index (κ3) is 4.44. The Bertz CT molecular complexity index is 998. The summed E-state index contributed by atoms with van der Waals surface area (Å²) in [5, 5.41) is 6.25. The first-order valence-electron chi connectivity index (χ1n) is 9.94. The molecule has 0 unspecified atom stereocenters. The van der Waals surface area contributed by atoms with Crippen LogP contribution in [0.5, 0.6) is 5.75 Å². The van der Waals surface area contributed by atoms with Crippen LogP contribution in [0, 0.1) is 0 Å². The summed E-state index contributed by atoms with van der Waals surface area (Å²) in [6.07, 6.45) is 2.23. The number of hydrogen-bond acceptors (Lipinski definition) is 5. The van der Waals surface area contributed by atoms with E-state index < -0.39 is 0 Å². The number of amides is 1. The Hall–Kier alpha value is -3.38. The van der Waals surface area contributed by atoms with Gasteiger partial charge in [0, 0.05) is 13.0 Å². The zero-order valence-corrected chi connectivity index (χ0v) is 17.2. The monoisotopic (exact) mass is 403 g/mol. The highest BCUT2D eigenvalue weighted by molar-refractivity contribution is 6.03. The van der Waals surface area contributed by atoms with Gasteiger partial charge in [0.15, 0.2) is 0 Å². The summed E-state index contributed by atoms with van der Waals surface area (Å²) in [7, 11) is 3.58. The number of rotatable bonds is 7. The van der Waals surface area contributed by atoms with E-state index in [0.717, 1.165) is 22.8 Å². The quantitative estimate of drug-likeness (QED) is 0.596. The van der Waals surface area contributed by atoms with E-state index >= 15 is 0 Å². The lowest BCUT2D eigenvalue weighted by Crippen LogP contribution is -2.36. The van der Waals surface area contributed by atoms with E-state index in [1.54, 1.807) is 18.4 Å². The highest BCUT2D eigenvalue weighted by Gasteiger charge is 2.35. The van der Waals surface area contributed by atoms with Crippen molar-refractivity contribution in [1.29, 1.82) is 0 Å². The van der Waals surface area contributed by atoms with Gasteiger partial charge >= 0.3 is 0 Å². The van der Waals surface area contributed by atoms with Crippen molar-refractivity contribution in [1.82, 2.24) is 9.91 Å². The minimum Gasteiger partial charge on any atom is -0.497 e. The van der Waals surface area contributed by atoms with Gasteiger partial charge in [-0.2, -0.15) is 5.10 Å². The van der Waals surface area contributed by atoms with Crippen molar-refractivity contribution >= 4 is 11.6 Å². The molecule has 3 aromatic rings. The van der Waals surface area contributed by atoms with E-state index in [1.807, 2.05) is 66.5 Å². The Kier molecular flexibility index (Phi) is 5.95. The Morgan fingerprint density at radius 1 is 1.13 bits per heavy atom. The number of carbonyl (C=O) groups is 1. The summed E-state index contributed by atoms with van der Waals surface area (Å²) in [6, 6.07) is 21.3. The molecule has 6 heteroatoms. The fourth-order valence-electron chi connectivity index (χ4n) is 3.66. The molecule has 0 bridgehead atoms. The number of methoxy groups -OCH3 is 1. The fourth-order valence-corrected chi connectivity index (χ4v) is 3.66. The third-order valence-corrected chi connectivity index (χ3v) is 5.16. The normalized spacial score (nSPS) is 16.0.